The van der Waals surface area contributed by atoms with Gasteiger partial charge in [-0.1, -0.05) is 24.3 Å². The SMILES string of the molecule is COc1ccccc1[C@@H]1c2ccc(O)cc2Oc2ncn(CCCN3CCOCC3)c(=N)c21. The number of morpholine rings is 1. The number of phenolic OH excluding ortho intramolecular Hbond substituents is 1. The number of nitrogens with zero attached hydrogens (tertiary/aromatic N) is 3. The molecule has 5 rings (SSSR count). The number of aromatic nitrogens is 2. The summed E-state index contributed by atoms with van der Waals surface area (Å²) in [4.78, 5) is 6.96. The van der Waals surface area contributed by atoms with E-state index in [1.807, 2.05) is 34.9 Å². The molecule has 8 nitrogen and oxygen atoms in total. The maximum Gasteiger partial charge on any atom is 0.228 e. The van der Waals surface area contributed by atoms with Crippen LogP contribution in [0.2, 0.25) is 0 Å². The number of fused-ring (bicyclic) bond motifs is 2. The summed E-state index contributed by atoms with van der Waals surface area (Å²) in [6.45, 7) is 5.12. The lowest BCUT2D eigenvalue weighted by Gasteiger charge is -2.29. The number of para-hydroxylation sites is 1. The van der Waals surface area contributed by atoms with Crippen molar-refractivity contribution >= 4 is 0 Å². The molecule has 1 atom stereocenters. The van der Waals surface area contributed by atoms with Crippen LogP contribution in [0.1, 0.15) is 29.0 Å². The van der Waals surface area contributed by atoms with Crippen molar-refractivity contribution in [2.45, 2.75) is 18.9 Å². The van der Waals surface area contributed by atoms with Crippen LogP contribution in [-0.4, -0.2) is 59.5 Å². The van der Waals surface area contributed by atoms with Crippen molar-refractivity contribution in [2.24, 2.45) is 0 Å². The molecule has 1 saturated heterocycles. The van der Waals surface area contributed by atoms with Gasteiger partial charge in [-0.15, -0.1) is 0 Å². The van der Waals surface area contributed by atoms with Crippen LogP contribution in [0.5, 0.6) is 23.1 Å². The van der Waals surface area contributed by atoms with Crippen molar-refractivity contribution in [3.05, 3.63) is 71.0 Å². The number of benzene rings is 2. The van der Waals surface area contributed by atoms with E-state index in [4.69, 9.17) is 19.6 Å². The molecule has 2 aliphatic rings. The zero-order valence-electron chi connectivity index (χ0n) is 18.7. The molecule has 3 aromatic rings. The second-order valence-electron chi connectivity index (χ2n) is 8.31. The molecule has 2 N–H and O–H groups in total. The average molecular weight is 449 g/mol. The van der Waals surface area contributed by atoms with Gasteiger partial charge in [-0.3, -0.25) is 10.3 Å². The number of aryl methyl sites for hydroxylation is 1. The zero-order chi connectivity index (χ0) is 22.8. The molecule has 0 bridgehead atoms. The Morgan fingerprint density at radius 2 is 1.94 bits per heavy atom. The number of phenols is 1. The Morgan fingerprint density at radius 3 is 2.76 bits per heavy atom. The molecule has 3 heterocycles. The van der Waals surface area contributed by atoms with Crippen LogP contribution in [0, 0.1) is 5.41 Å². The standard InChI is InChI=1S/C25H28N4O4/c1-31-20-6-3-2-5-18(20)22-19-8-7-17(30)15-21(19)33-25-23(22)24(26)29(16-27-25)10-4-9-28-11-13-32-14-12-28/h2-3,5-8,15-16,22,26,30H,4,9-14H2,1H3/t22-/m1/s1. The molecule has 8 heteroatoms. The van der Waals surface area contributed by atoms with Gasteiger partial charge in [-0.05, 0) is 18.6 Å². The number of ether oxygens (including phenoxy) is 3. The monoisotopic (exact) mass is 448 g/mol. The Kier molecular flexibility index (Phi) is 6.02. The number of aromatic hydroxyl groups is 1. The summed E-state index contributed by atoms with van der Waals surface area (Å²) in [6, 6.07) is 12.9. The van der Waals surface area contributed by atoms with Gasteiger partial charge < -0.3 is 23.9 Å². The third-order valence-corrected chi connectivity index (χ3v) is 6.32. The number of methoxy groups -OCH3 is 1. The molecule has 0 unspecified atom stereocenters. The van der Waals surface area contributed by atoms with Crippen molar-refractivity contribution in [2.75, 3.05) is 40.0 Å². The smallest absolute Gasteiger partial charge is 0.228 e. The van der Waals surface area contributed by atoms with Crippen molar-refractivity contribution < 1.29 is 19.3 Å². The highest BCUT2D eigenvalue weighted by Gasteiger charge is 2.33. The van der Waals surface area contributed by atoms with Crippen LogP contribution in [-0.2, 0) is 11.3 Å². The fourth-order valence-corrected chi connectivity index (χ4v) is 4.64. The first-order chi connectivity index (χ1) is 16.2. The molecule has 2 aromatic carbocycles. The van der Waals surface area contributed by atoms with Gasteiger partial charge in [0.05, 0.1) is 31.8 Å². The lowest BCUT2D eigenvalue weighted by atomic mass is 9.83. The van der Waals surface area contributed by atoms with Gasteiger partial charge in [0, 0.05) is 43.4 Å². The summed E-state index contributed by atoms with van der Waals surface area (Å²) in [5.41, 5.74) is 2.87. The average Bonchev–Trinajstić information content (AvgIpc) is 2.84. The van der Waals surface area contributed by atoms with Gasteiger partial charge in [0.25, 0.3) is 0 Å². The number of hydrogen-bond donors (Lipinski definition) is 2. The van der Waals surface area contributed by atoms with Crippen LogP contribution in [0.3, 0.4) is 0 Å². The number of hydrogen-bond acceptors (Lipinski definition) is 7. The molecule has 0 spiro atoms. The largest absolute Gasteiger partial charge is 0.508 e. The minimum Gasteiger partial charge on any atom is -0.508 e. The summed E-state index contributed by atoms with van der Waals surface area (Å²) in [5, 5.41) is 19.1. The Balaban J connectivity index is 1.53. The van der Waals surface area contributed by atoms with Crippen LogP contribution in [0.4, 0.5) is 0 Å². The lowest BCUT2D eigenvalue weighted by molar-refractivity contribution is 0.0369. The highest BCUT2D eigenvalue weighted by molar-refractivity contribution is 5.59. The van der Waals surface area contributed by atoms with Crippen molar-refractivity contribution in [1.82, 2.24) is 14.5 Å². The van der Waals surface area contributed by atoms with Crippen LogP contribution in [0.15, 0.2) is 48.8 Å². The summed E-state index contributed by atoms with van der Waals surface area (Å²) in [5.74, 6) is 1.48. The Labute approximate surface area is 192 Å². The third kappa shape index (κ3) is 4.19. The molecule has 2 aliphatic heterocycles. The van der Waals surface area contributed by atoms with Gasteiger partial charge in [0.2, 0.25) is 5.88 Å². The van der Waals surface area contributed by atoms with E-state index < -0.39 is 0 Å². The number of rotatable bonds is 6. The Bertz CT molecular complexity index is 1200. The van der Waals surface area contributed by atoms with E-state index in [1.165, 1.54) is 0 Å². The van der Waals surface area contributed by atoms with E-state index in [1.54, 1.807) is 25.6 Å². The highest BCUT2D eigenvalue weighted by atomic mass is 16.5. The molecular weight excluding hydrogens is 420 g/mol. The molecule has 172 valence electrons. The molecule has 0 amide bonds. The molecule has 1 fully saturated rings. The van der Waals surface area contributed by atoms with Crippen molar-refractivity contribution in [1.29, 1.82) is 5.41 Å². The van der Waals surface area contributed by atoms with Gasteiger partial charge in [0.15, 0.2) is 0 Å². The second-order valence-corrected chi connectivity index (χ2v) is 8.31. The second kappa shape index (κ2) is 9.25. The number of nitrogens with one attached hydrogen (secondary N) is 1. The van der Waals surface area contributed by atoms with E-state index in [0.717, 1.165) is 56.1 Å². The van der Waals surface area contributed by atoms with E-state index in [-0.39, 0.29) is 11.7 Å². The maximum absolute atomic E-state index is 10.0. The van der Waals surface area contributed by atoms with E-state index in [0.29, 0.717) is 29.2 Å². The lowest BCUT2D eigenvalue weighted by Crippen LogP contribution is -2.37. The Hall–Kier alpha value is -3.36. The highest BCUT2D eigenvalue weighted by Crippen LogP contribution is 2.47. The fourth-order valence-electron chi connectivity index (χ4n) is 4.64. The van der Waals surface area contributed by atoms with E-state index in [2.05, 4.69) is 9.88 Å². The van der Waals surface area contributed by atoms with Crippen LogP contribution in [0.25, 0.3) is 0 Å². The molecule has 0 aliphatic carbocycles. The predicted octanol–water partition coefficient (Wildman–Crippen LogP) is 3.08. The quantitative estimate of drug-likeness (QED) is 0.471. The molecule has 1 aromatic heterocycles. The van der Waals surface area contributed by atoms with Crippen molar-refractivity contribution in [3.8, 4) is 23.1 Å². The van der Waals surface area contributed by atoms with Crippen LogP contribution >= 0.6 is 0 Å². The zero-order valence-corrected chi connectivity index (χ0v) is 18.7. The van der Waals surface area contributed by atoms with Gasteiger partial charge in [0.1, 0.15) is 29.1 Å². The van der Waals surface area contributed by atoms with Gasteiger partial charge in [-0.25, -0.2) is 4.98 Å². The molecule has 0 saturated carbocycles. The van der Waals surface area contributed by atoms with Gasteiger partial charge >= 0.3 is 0 Å². The minimum absolute atomic E-state index is 0.121. The predicted molar refractivity (Wildman–Crippen MR) is 122 cm³/mol. The van der Waals surface area contributed by atoms with Crippen LogP contribution < -0.4 is 15.0 Å². The van der Waals surface area contributed by atoms with E-state index >= 15 is 0 Å². The van der Waals surface area contributed by atoms with E-state index in [9.17, 15) is 5.11 Å². The van der Waals surface area contributed by atoms with Crippen molar-refractivity contribution in [3.63, 3.8) is 0 Å². The molecular formula is C25H28N4O4. The molecule has 0 radical (unpaired) electrons. The summed E-state index contributed by atoms with van der Waals surface area (Å²) >= 11 is 0. The first-order valence-corrected chi connectivity index (χ1v) is 11.2. The first kappa shape index (κ1) is 21.5. The Morgan fingerprint density at radius 1 is 1.12 bits per heavy atom. The normalized spacial score (nSPS) is 17.7. The summed E-state index contributed by atoms with van der Waals surface area (Å²) in [7, 11) is 1.65. The third-order valence-electron chi connectivity index (χ3n) is 6.32. The minimum atomic E-state index is -0.299. The molecule has 33 heavy (non-hydrogen) atoms. The summed E-state index contributed by atoms with van der Waals surface area (Å²) < 4.78 is 19.0. The first-order valence-electron chi connectivity index (χ1n) is 11.2. The topological polar surface area (TPSA) is 92.8 Å². The fraction of sp³-hybridized carbons (Fsp3) is 0.360. The summed E-state index contributed by atoms with van der Waals surface area (Å²) in [6.07, 6.45) is 2.59. The maximum atomic E-state index is 10.0. The van der Waals surface area contributed by atoms with Gasteiger partial charge in [-0.2, -0.15) is 0 Å².